The van der Waals surface area contributed by atoms with Gasteiger partial charge < -0.3 is 4.90 Å². The number of carbonyl (C=O) groups is 1. The van der Waals surface area contributed by atoms with E-state index in [1.165, 1.54) is 15.9 Å². The van der Waals surface area contributed by atoms with Crippen LogP contribution in [0.25, 0.3) is 0 Å². The number of aryl methyl sites for hydroxylation is 1. The van der Waals surface area contributed by atoms with E-state index in [1.54, 1.807) is 18.2 Å². The molecule has 0 N–H and O–H groups in total. The average Bonchev–Trinajstić information content (AvgIpc) is 2.73. The van der Waals surface area contributed by atoms with E-state index in [9.17, 15) is 13.2 Å². The monoisotopic (exact) mass is 418 g/mol. The van der Waals surface area contributed by atoms with Crippen molar-refractivity contribution in [3.63, 3.8) is 0 Å². The summed E-state index contributed by atoms with van der Waals surface area (Å²) in [4.78, 5) is 15.1. The fraction of sp³-hybridized carbons (Fsp3) is 0.381. The molecule has 28 heavy (non-hydrogen) atoms. The van der Waals surface area contributed by atoms with Gasteiger partial charge in [-0.25, -0.2) is 8.42 Å². The summed E-state index contributed by atoms with van der Waals surface area (Å²) in [7, 11) is -3.65. The summed E-state index contributed by atoms with van der Waals surface area (Å²) < 4.78 is 27.2. The highest BCUT2D eigenvalue weighted by Gasteiger charge is 2.35. The van der Waals surface area contributed by atoms with E-state index in [1.807, 2.05) is 17.0 Å². The lowest BCUT2D eigenvalue weighted by Crippen LogP contribution is -2.51. The van der Waals surface area contributed by atoms with Gasteiger partial charge in [0, 0.05) is 26.2 Å². The number of amides is 1. The van der Waals surface area contributed by atoms with Crippen LogP contribution in [0.1, 0.15) is 29.9 Å². The van der Waals surface area contributed by atoms with E-state index in [-0.39, 0.29) is 34.8 Å². The Morgan fingerprint density at radius 1 is 0.964 bits per heavy atom. The van der Waals surface area contributed by atoms with Crippen LogP contribution >= 0.6 is 11.6 Å². The zero-order valence-electron chi connectivity index (χ0n) is 15.6. The molecule has 5 nitrogen and oxygen atoms in total. The molecule has 0 saturated carbocycles. The molecule has 1 heterocycles. The Hall–Kier alpha value is -1.89. The summed E-state index contributed by atoms with van der Waals surface area (Å²) in [5.74, 6) is -0.00128. The number of piperazine rings is 1. The van der Waals surface area contributed by atoms with Gasteiger partial charge in [0.15, 0.2) is 0 Å². The first-order chi connectivity index (χ1) is 13.5. The lowest BCUT2D eigenvalue weighted by molar-refractivity contribution is -0.134. The van der Waals surface area contributed by atoms with Crippen LogP contribution in [0.5, 0.6) is 0 Å². The van der Waals surface area contributed by atoms with Crippen molar-refractivity contribution in [2.75, 3.05) is 26.2 Å². The van der Waals surface area contributed by atoms with E-state index in [0.717, 1.165) is 24.8 Å². The number of nitrogens with zero attached hydrogens (tertiary/aromatic N) is 2. The molecule has 148 valence electrons. The van der Waals surface area contributed by atoms with Crippen molar-refractivity contribution < 1.29 is 13.2 Å². The first-order valence-corrected chi connectivity index (χ1v) is 11.4. The van der Waals surface area contributed by atoms with Gasteiger partial charge in [-0.15, -0.1) is 0 Å². The minimum Gasteiger partial charge on any atom is -0.340 e. The van der Waals surface area contributed by atoms with Gasteiger partial charge in [-0.2, -0.15) is 4.31 Å². The maximum Gasteiger partial charge on any atom is 0.244 e. The van der Waals surface area contributed by atoms with E-state index in [4.69, 9.17) is 11.6 Å². The maximum absolute atomic E-state index is 13.1. The predicted molar refractivity (Wildman–Crippen MR) is 109 cm³/mol. The van der Waals surface area contributed by atoms with Crippen LogP contribution in [0.3, 0.4) is 0 Å². The van der Waals surface area contributed by atoms with Crippen LogP contribution in [0.2, 0.25) is 5.02 Å². The minimum atomic E-state index is -3.65. The summed E-state index contributed by atoms with van der Waals surface area (Å²) in [6.45, 7) is 1.38. The number of halogens is 1. The molecule has 1 aliphatic carbocycles. The Balaban J connectivity index is 1.46. The van der Waals surface area contributed by atoms with Crippen molar-refractivity contribution in [2.45, 2.75) is 30.1 Å². The standard InChI is InChI=1S/C21H23ClN2O3S/c22-19-10-3-4-11-20(19)28(26,27)24-14-12-23(13-15-24)21(25)18-9-5-7-16-6-1-2-8-17(16)18/h1-4,6,8,10-11,18H,5,7,9,12-15H2. The van der Waals surface area contributed by atoms with Gasteiger partial charge in [0.05, 0.1) is 10.9 Å². The van der Waals surface area contributed by atoms with E-state index >= 15 is 0 Å². The SMILES string of the molecule is O=C(C1CCCc2ccccc21)N1CCN(S(=O)(=O)c2ccccc2Cl)CC1. The molecule has 1 fully saturated rings. The second-order valence-electron chi connectivity index (χ2n) is 7.30. The normalized spacial score (nSPS) is 20.6. The molecule has 0 bridgehead atoms. The quantitative estimate of drug-likeness (QED) is 0.768. The van der Waals surface area contributed by atoms with Gasteiger partial charge in [-0.05, 0) is 42.5 Å². The lowest BCUT2D eigenvalue weighted by atomic mass is 9.82. The van der Waals surface area contributed by atoms with Crippen molar-refractivity contribution in [3.8, 4) is 0 Å². The van der Waals surface area contributed by atoms with E-state index < -0.39 is 10.0 Å². The molecule has 0 radical (unpaired) electrons. The van der Waals surface area contributed by atoms with E-state index in [0.29, 0.717) is 13.1 Å². The molecule has 4 rings (SSSR count). The molecule has 1 aliphatic heterocycles. The lowest BCUT2D eigenvalue weighted by Gasteiger charge is -2.37. The summed E-state index contributed by atoms with van der Waals surface area (Å²) in [6.07, 6.45) is 2.88. The molecule has 0 spiro atoms. The molecule has 2 aliphatic rings. The molecule has 2 aromatic rings. The van der Waals surface area contributed by atoms with Crippen molar-refractivity contribution in [2.24, 2.45) is 0 Å². The number of benzene rings is 2. The van der Waals surface area contributed by atoms with Crippen LogP contribution in [-0.4, -0.2) is 49.7 Å². The number of hydrogen-bond donors (Lipinski definition) is 0. The fourth-order valence-electron chi connectivity index (χ4n) is 4.17. The topological polar surface area (TPSA) is 57.7 Å². The number of rotatable bonds is 3. The molecule has 7 heteroatoms. The molecular formula is C21H23ClN2O3S. The molecule has 1 amide bonds. The van der Waals surface area contributed by atoms with E-state index in [2.05, 4.69) is 12.1 Å². The third-order valence-electron chi connectivity index (χ3n) is 5.67. The van der Waals surface area contributed by atoms with Gasteiger partial charge >= 0.3 is 0 Å². The molecular weight excluding hydrogens is 396 g/mol. The molecule has 1 atom stereocenters. The number of fused-ring (bicyclic) bond motifs is 1. The second-order valence-corrected chi connectivity index (χ2v) is 9.62. The van der Waals surface area contributed by atoms with Crippen LogP contribution < -0.4 is 0 Å². The van der Waals surface area contributed by atoms with Crippen molar-refractivity contribution in [1.29, 1.82) is 0 Å². The van der Waals surface area contributed by atoms with Crippen LogP contribution in [0, 0.1) is 0 Å². The smallest absolute Gasteiger partial charge is 0.244 e. The number of sulfonamides is 1. The predicted octanol–water partition coefficient (Wildman–Crippen LogP) is 3.29. The van der Waals surface area contributed by atoms with Gasteiger partial charge in [-0.3, -0.25) is 4.79 Å². The molecule has 2 aromatic carbocycles. The summed E-state index contributed by atoms with van der Waals surface area (Å²) in [5.41, 5.74) is 2.39. The first kappa shape index (κ1) is 19.4. The summed E-state index contributed by atoms with van der Waals surface area (Å²) in [5, 5.41) is 0.222. The highest BCUT2D eigenvalue weighted by molar-refractivity contribution is 7.89. The van der Waals surface area contributed by atoms with Crippen LogP contribution in [-0.2, 0) is 21.2 Å². The maximum atomic E-state index is 13.1. The third-order valence-corrected chi connectivity index (χ3v) is 8.07. The van der Waals surface area contributed by atoms with Crippen molar-refractivity contribution in [1.82, 2.24) is 9.21 Å². The Morgan fingerprint density at radius 3 is 2.39 bits per heavy atom. The van der Waals surface area contributed by atoms with Crippen LogP contribution in [0.15, 0.2) is 53.4 Å². The highest BCUT2D eigenvalue weighted by atomic mass is 35.5. The number of carbonyl (C=O) groups excluding carboxylic acids is 1. The second kappa shape index (κ2) is 7.85. The van der Waals surface area contributed by atoms with Gasteiger partial charge in [0.25, 0.3) is 0 Å². The molecule has 1 saturated heterocycles. The van der Waals surface area contributed by atoms with Gasteiger partial charge in [0.1, 0.15) is 4.90 Å². The van der Waals surface area contributed by atoms with Crippen molar-refractivity contribution in [3.05, 3.63) is 64.7 Å². The molecule has 1 unspecified atom stereocenters. The highest BCUT2D eigenvalue weighted by Crippen LogP contribution is 2.33. The van der Waals surface area contributed by atoms with Crippen molar-refractivity contribution >= 4 is 27.5 Å². The fourth-order valence-corrected chi connectivity index (χ4v) is 6.09. The Kier molecular flexibility index (Phi) is 5.45. The number of hydrogen-bond acceptors (Lipinski definition) is 3. The molecule has 0 aromatic heterocycles. The van der Waals surface area contributed by atoms with Crippen LogP contribution in [0.4, 0.5) is 0 Å². The Labute approximate surface area is 171 Å². The first-order valence-electron chi connectivity index (χ1n) is 9.60. The summed E-state index contributed by atoms with van der Waals surface area (Å²) >= 11 is 6.09. The minimum absolute atomic E-state index is 0.113. The Bertz CT molecular complexity index is 985. The van der Waals surface area contributed by atoms with Gasteiger partial charge in [0.2, 0.25) is 15.9 Å². The zero-order chi connectivity index (χ0) is 19.7. The average molecular weight is 419 g/mol. The summed E-state index contributed by atoms with van der Waals surface area (Å²) in [6, 6.07) is 14.6. The third kappa shape index (κ3) is 3.56. The Morgan fingerprint density at radius 2 is 1.64 bits per heavy atom. The van der Waals surface area contributed by atoms with Gasteiger partial charge in [-0.1, -0.05) is 48.0 Å². The largest absolute Gasteiger partial charge is 0.340 e. The zero-order valence-corrected chi connectivity index (χ0v) is 17.1.